The van der Waals surface area contributed by atoms with E-state index in [2.05, 4.69) is 0 Å². The molecule has 0 unspecified atom stereocenters. The van der Waals surface area contributed by atoms with Gasteiger partial charge >= 0.3 is 5.97 Å². The molecule has 2 heteroatoms. The van der Waals surface area contributed by atoms with E-state index in [4.69, 9.17) is 5.11 Å². The van der Waals surface area contributed by atoms with Crippen LogP contribution in [0.25, 0.3) is 0 Å². The van der Waals surface area contributed by atoms with E-state index < -0.39 is 5.97 Å². The zero-order chi connectivity index (χ0) is 9.40. The molecule has 0 bridgehead atoms. The summed E-state index contributed by atoms with van der Waals surface area (Å²) in [6.45, 7) is 3.93. The molecule has 0 rings (SSSR count). The van der Waals surface area contributed by atoms with Crippen molar-refractivity contribution < 1.29 is 9.90 Å². The molecule has 0 fully saturated rings. The number of hydrogen-bond donors (Lipinski definition) is 1. The molecule has 0 radical (unpaired) electrons. The van der Waals surface area contributed by atoms with Crippen molar-refractivity contribution in [2.45, 2.75) is 33.1 Å². The molecule has 0 spiro atoms. The van der Waals surface area contributed by atoms with Gasteiger partial charge in [-0.05, 0) is 26.7 Å². The average molecular weight is 168 g/mol. The van der Waals surface area contributed by atoms with Crippen molar-refractivity contribution in [2.24, 2.45) is 0 Å². The molecule has 0 aliphatic heterocycles. The lowest BCUT2D eigenvalue weighted by Gasteiger charge is -1.98. The summed E-state index contributed by atoms with van der Waals surface area (Å²) in [6.07, 6.45) is 7.83. The molecule has 0 aromatic rings. The van der Waals surface area contributed by atoms with Gasteiger partial charge in [-0.3, -0.25) is 4.79 Å². The number of aliphatic carboxylic acids is 1. The van der Waals surface area contributed by atoms with Crippen LogP contribution in [0.2, 0.25) is 0 Å². The van der Waals surface area contributed by atoms with Gasteiger partial charge in [-0.25, -0.2) is 0 Å². The molecular formula is C10H16O2. The Hall–Kier alpha value is -1.05. The van der Waals surface area contributed by atoms with Crippen molar-refractivity contribution in [3.05, 3.63) is 23.8 Å². The molecule has 0 saturated carbocycles. The van der Waals surface area contributed by atoms with Crippen LogP contribution >= 0.6 is 0 Å². The number of rotatable bonds is 5. The molecule has 12 heavy (non-hydrogen) atoms. The van der Waals surface area contributed by atoms with Crippen molar-refractivity contribution in [3.8, 4) is 0 Å². The lowest BCUT2D eigenvalue weighted by atomic mass is 10.1. The molecular weight excluding hydrogens is 152 g/mol. The van der Waals surface area contributed by atoms with Gasteiger partial charge in [0.2, 0.25) is 0 Å². The fourth-order valence-electron chi connectivity index (χ4n) is 0.982. The zero-order valence-corrected chi connectivity index (χ0v) is 7.71. The maximum absolute atomic E-state index is 10.2. The Morgan fingerprint density at radius 3 is 2.42 bits per heavy atom. The van der Waals surface area contributed by atoms with E-state index in [1.165, 1.54) is 5.57 Å². The summed E-state index contributed by atoms with van der Waals surface area (Å²) in [4.78, 5) is 10.2. The first-order valence-electron chi connectivity index (χ1n) is 4.20. The molecule has 2 nitrogen and oxygen atoms in total. The number of carbonyl (C=O) groups is 1. The predicted octanol–water partition coefficient (Wildman–Crippen LogP) is 2.76. The molecule has 0 atom stereocenters. The molecule has 0 aromatic carbocycles. The number of hydrogen-bond acceptors (Lipinski definition) is 1. The Bertz CT molecular complexity index is 190. The van der Waals surface area contributed by atoms with Crippen LogP contribution in [-0.4, -0.2) is 11.1 Å². The third-order valence-corrected chi connectivity index (χ3v) is 1.61. The molecule has 1 N–H and O–H groups in total. The second-order valence-electron chi connectivity index (χ2n) is 2.61. The first-order chi connectivity index (χ1) is 5.70. The molecule has 0 aliphatic rings. The SMILES string of the molecule is C/C=C/C(=C/C)CCCC(=O)O. The van der Waals surface area contributed by atoms with Gasteiger partial charge in [-0.1, -0.05) is 23.8 Å². The van der Waals surface area contributed by atoms with E-state index >= 15 is 0 Å². The standard InChI is InChI=1S/C10H16O2/c1-3-6-9(4-2)7-5-8-10(11)12/h3-4,6H,5,7-8H2,1-2H3,(H,11,12)/b6-3+,9-4-. The number of allylic oxidation sites excluding steroid dienone is 4. The lowest BCUT2D eigenvalue weighted by Crippen LogP contribution is -1.93. The smallest absolute Gasteiger partial charge is 0.303 e. The largest absolute Gasteiger partial charge is 0.481 e. The van der Waals surface area contributed by atoms with Gasteiger partial charge in [0.25, 0.3) is 0 Å². The summed E-state index contributed by atoms with van der Waals surface area (Å²) in [5, 5.41) is 8.39. The second kappa shape index (κ2) is 6.65. The molecule has 0 aliphatic carbocycles. The maximum atomic E-state index is 10.2. The monoisotopic (exact) mass is 168 g/mol. The highest BCUT2D eigenvalue weighted by Gasteiger charge is 1.97. The van der Waals surface area contributed by atoms with Crippen LogP contribution in [-0.2, 0) is 4.79 Å². The van der Waals surface area contributed by atoms with Crippen molar-refractivity contribution in [1.82, 2.24) is 0 Å². The average Bonchev–Trinajstić information content (AvgIpc) is 2.02. The molecule has 0 amide bonds. The summed E-state index contributed by atoms with van der Waals surface area (Å²) in [6, 6.07) is 0. The first-order valence-corrected chi connectivity index (χ1v) is 4.20. The van der Waals surface area contributed by atoms with Crippen molar-refractivity contribution in [1.29, 1.82) is 0 Å². The highest BCUT2D eigenvalue weighted by atomic mass is 16.4. The van der Waals surface area contributed by atoms with Gasteiger partial charge in [0.1, 0.15) is 0 Å². The fourth-order valence-corrected chi connectivity index (χ4v) is 0.982. The second-order valence-corrected chi connectivity index (χ2v) is 2.61. The van der Waals surface area contributed by atoms with Gasteiger partial charge in [0.15, 0.2) is 0 Å². The Morgan fingerprint density at radius 2 is 2.00 bits per heavy atom. The molecule has 0 aromatic heterocycles. The number of carboxylic acid groups (broad SMARTS) is 1. The summed E-state index contributed by atoms with van der Waals surface area (Å²) in [7, 11) is 0. The molecule has 0 saturated heterocycles. The van der Waals surface area contributed by atoms with Gasteiger partial charge in [-0.15, -0.1) is 0 Å². The third-order valence-electron chi connectivity index (χ3n) is 1.61. The van der Waals surface area contributed by atoms with Gasteiger partial charge in [-0.2, -0.15) is 0 Å². The van der Waals surface area contributed by atoms with Gasteiger partial charge in [0, 0.05) is 6.42 Å². The van der Waals surface area contributed by atoms with E-state index in [9.17, 15) is 4.79 Å². The normalized spacial score (nSPS) is 12.3. The van der Waals surface area contributed by atoms with E-state index in [0.29, 0.717) is 0 Å². The highest BCUT2D eigenvalue weighted by Crippen LogP contribution is 2.08. The summed E-state index contributed by atoms with van der Waals surface area (Å²) < 4.78 is 0. The molecule has 0 heterocycles. The van der Waals surface area contributed by atoms with Crippen molar-refractivity contribution in [3.63, 3.8) is 0 Å². The minimum Gasteiger partial charge on any atom is -0.481 e. The van der Waals surface area contributed by atoms with E-state index in [1.807, 2.05) is 32.1 Å². The van der Waals surface area contributed by atoms with Crippen LogP contribution in [0.4, 0.5) is 0 Å². The van der Waals surface area contributed by atoms with Crippen LogP contribution in [0.1, 0.15) is 33.1 Å². The Balaban J connectivity index is 3.67. The van der Waals surface area contributed by atoms with E-state index in [-0.39, 0.29) is 6.42 Å². The summed E-state index contributed by atoms with van der Waals surface area (Å²) in [5.74, 6) is -0.717. The van der Waals surface area contributed by atoms with Crippen LogP contribution in [0.5, 0.6) is 0 Å². The lowest BCUT2D eigenvalue weighted by molar-refractivity contribution is -0.137. The Kier molecular flexibility index (Phi) is 6.07. The van der Waals surface area contributed by atoms with Gasteiger partial charge < -0.3 is 5.11 Å². The summed E-state index contributed by atoms with van der Waals surface area (Å²) >= 11 is 0. The summed E-state index contributed by atoms with van der Waals surface area (Å²) in [5.41, 5.74) is 1.21. The quantitative estimate of drug-likeness (QED) is 0.641. The van der Waals surface area contributed by atoms with Gasteiger partial charge in [0.05, 0.1) is 0 Å². The third kappa shape index (κ3) is 5.71. The van der Waals surface area contributed by atoms with Crippen molar-refractivity contribution >= 4 is 5.97 Å². The molecule has 68 valence electrons. The zero-order valence-electron chi connectivity index (χ0n) is 7.71. The Labute approximate surface area is 73.6 Å². The highest BCUT2D eigenvalue weighted by molar-refractivity contribution is 5.66. The first kappa shape index (κ1) is 11.0. The fraction of sp³-hybridized carbons (Fsp3) is 0.500. The van der Waals surface area contributed by atoms with Crippen LogP contribution in [0.3, 0.4) is 0 Å². The van der Waals surface area contributed by atoms with E-state index in [0.717, 1.165) is 12.8 Å². The van der Waals surface area contributed by atoms with Crippen LogP contribution < -0.4 is 0 Å². The van der Waals surface area contributed by atoms with Crippen LogP contribution in [0, 0.1) is 0 Å². The van der Waals surface area contributed by atoms with Crippen molar-refractivity contribution in [2.75, 3.05) is 0 Å². The number of carboxylic acids is 1. The topological polar surface area (TPSA) is 37.3 Å². The maximum Gasteiger partial charge on any atom is 0.303 e. The van der Waals surface area contributed by atoms with Crippen LogP contribution in [0.15, 0.2) is 23.8 Å². The minimum absolute atomic E-state index is 0.259. The van der Waals surface area contributed by atoms with E-state index in [1.54, 1.807) is 0 Å². The Morgan fingerprint density at radius 1 is 1.33 bits per heavy atom. The predicted molar refractivity (Wildman–Crippen MR) is 50.1 cm³/mol. The minimum atomic E-state index is -0.717.